The molecule has 1 fully saturated rings. The molecule has 3 N–H and O–H groups in total. The maximum absolute atomic E-state index is 13.7. The number of nitrogens with one attached hydrogen (secondary N) is 2. The van der Waals surface area contributed by atoms with Crippen molar-refractivity contribution in [2.75, 3.05) is 5.32 Å². The van der Waals surface area contributed by atoms with E-state index in [0.29, 0.717) is 11.1 Å². The van der Waals surface area contributed by atoms with Gasteiger partial charge in [0.1, 0.15) is 5.76 Å². The third kappa shape index (κ3) is 2.33. The van der Waals surface area contributed by atoms with Crippen LogP contribution < -0.4 is 10.3 Å². The molecule has 2 atom stereocenters. The Morgan fingerprint density at radius 3 is 2.32 bits per heavy atom. The van der Waals surface area contributed by atoms with E-state index in [1.807, 2.05) is 12.1 Å². The molecule has 0 saturated heterocycles. The first-order chi connectivity index (χ1) is 16.4. The van der Waals surface area contributed by atoms with E-state index in [4.69, 9.17) is 0 Å². The van der Waals surface area contributed by atoms with Crippen molar-refractivity contribution >= 4 is 22.9 Å². The molecule has 34 heavy (non-hydrogen) atoms. The summed E-state index contributed by atoms with van der Waals surface area (Å²) in [6.45, 7) is 4.53. The maximum Gasteiger partial charge on any atom is 0.208 e. The first-order valence-electron chi connectivity index (χ1n) is 12.5. The second-order valence-corrected chi connectivity index (χ2v) is 10.8. The summed E-state index contributed by atoms with van der Waals surface area (Å²) >= 11 is 0. The van der Waals surface area contributed by atoms with Gasteiger partial charge in [-0.15, -0.1) is 0 Å². The summed E-state index contributed by atoms with van der Waals surface area (Å²) in [5.74, 6) is 0.200. The molecule has 0 spiro atoms. The number of allylic oxidation sites excluding steroid dienone is 5. The van der Waals surface area contributed by atoms with Crippen molar-refractivity contribution in [1.29, 1.82) is 0 Å². The molecule has 1 saturated carbocycles. The molecular formula is C30H29N2O2+. The quantitative estimate of drug-likeness (QED) is 0.548. The van der Waals surface area contributed by atoms with Gasteiger partial charge in [-0.05, 0) is 69.6 Å². The Bertz CT molecular complexity index is 1440. The fraction of sp³-hybridized carbons (Fsp3) is 0.333. The summed E-state index contributed by atoms with van der Waals surface area (Å²) < 4.78 is 0. The molecule has 3 aliphatic carbocycles. The van der Waals surface area contributed by atoms with Crippen LogP contribution in [-0.4, -0.2) is 16.6 Å². The number of fused-ring (bicyclic) bond motifs is 6. The summed E-state index contributed by atoms with van der Waals surface area (Å²) in [6.07, 6.45) is 5.74. The van der Waals surface area contributed by atoms with Crippen LogP contribution >= 0.6 is 0 Å². The lowest BCUT2D eigenvalue weighted by Crippen LogP contribution is -2.67. The number of benzene rings is 2. The van der Waals surface area contributed by atoms with E-state index in [-0.39, 0.29) is 22.4 Å². The highest BCUT2D eigenvalue weighted by Crippen LogP contribution is 2.54. The number of carbonyl (C=O) groups excluding carboxylic acids is 1. The SMILES string of the molecule is CC12CCCC(C3=C(O)/C(=C4/CCCC5(C)C4=[NH+]c4ccccc45)C3=O)=C1Nc1ccccc12. The lowest BCUT2D eigenvalue weighted by Gasteiger charge is -2.37. The van der Waals surface area contributed by atoms with Crippen molar-refractivity contribution in [3.8, 4) is 0 Å². The summed E-state index contributed by atoms with van der Waals surface area (Å²) in [5.41, 5.74) is 9.84. The molecule has 170 valence electrons. The number of Topliss-reactive ketones (excluding diaryl/α,β-unsaturated/α-hetero) is 1. The number of hydrogen-bond acceptors (Lipinski definition) is 3. The van der Waals surface area contributed by atoms with E-state index in [9.17, 15) is 9.90 Å². The number of ketones is 1. The molecule has 5 aliphatic rings. The summed E-state index contributed by atoms with van der Waals surface area (Å²) in [5, 5.41) is 15.0. The highest BCUT2D eigenvalue weighted by Gasteiger charge is 2.53. The second kappa shape index (κ2) is 6.59. The Hall–Kier alpha value is -3.40. The standard InChI is InChI=1S/C30H28N2O2/c1-29-15-7-9-17(27(29)31-21-13-5-3-11-19(21)29)23-25(33)24(26(23)34)18-10-8-16-30(2)20-12-4-6-14-22(20)32-28(18)30/h3-6,11-14,31,33H,7-10,15-16H2,1-2H3/p+1/b24-18+. The van der Waals surface area contributed by atoms with Crippen LogP contribution in [0.5, 0.6) is 0 Å². The average Bonchev–Trinajstić information content (AvgIpc) is 3.32. The number of rotatable bonds is 1. The second-order valence-electron chi connectivity index (χ2n) is 10.8. The molecule has 7 rings (SSSR count). The number of aliphatic hydroxyl groups is 1. The Morgan fingerprint density at radius 2 is 1.53 bits per heavy atom. The third-order valence-corrected chi connectivity index (χ3v) is 9.01. The van der Waals surface area contributed by atoms with Crippen LogP contribution in [0.3, 0.4) is 0 Å². The zero-order chi connectivity index (χ0) is 23.2. The normalized spacial score (nSPS) is 31.4. The van der Waals surface area contributed by atoms with Crippen LogP contribution in [0, 0.1) is 0 Å². The van der Waals surface area contributed by atoms with Gasteiger partial charge in [0.2, 0.25) is 11.5 Å². The molecule has 0 radical (unpaired) electrons. The fourth-order valence-electron chi connectivity index (χ4n) is 7.25. The van der Waals surface area contributed by atoms with Gasteiger partial charge >= 0.3 is 0 Å². The average molecular weight is 450 g/mol. The van der Waals surface area contributed by atoms with Gasteiger partial charge in [0.15, 0.2) is 5.71 Å². The van der Waals surface area contributed by atoms with Gasteiger partial charge in [0.25, 0.3) is 0 Å². The van der Waals surface area contributed by atoms with Crippen molar-refractivity contribution < 1.29 is 14.9 Å². The lowest BCUT2D eigenvalue weighted by atomic mass is 9.64. The van der Waals surface area contributed by atoms with E-state index in [1.165, 1.54) is 11.1 Å². The van der Waals surface area contributed by atoms with E-state index in [1.54, 1.807) is 0 Å². The van der Waals surface area contributed by atoms with Crippen LogP contribution in [-0.2, 0) is 15.6 Å². The van der Waals surface area contributed by atoms with Crippen LogP contribution in [0.15, 0.2) is 82.3 Å². The predicted octanol–water partition coefficient (Wildman–Crippen LogP) is 4.81. The zero-order valence-corrected chi connectivity index (χ0v) is 19.7. The first-order valence-corrected chi connectivity index (χ1v) is 12.5. The molecule has 2 aromatic rings. The molecule has 4 heteroatoms. The third-order valence-electron chi connectivity index (χ3n) is 9.01. The molecule has 2 heterocycles. The molecular weight excluding hydrogens is 420 g/mol. The van der Waals surface area contributed by atoms with E-state index in [0.717, 1.165) is 72.5 Å². The molecule has 0 amide bonds. The largest absolute Gasteiger partial charge is 0.506 e. The minimum absolute atomic E-state index is 0.00603. The monoisotopic (exact) mass is 449 g/mol. The van der Waals surface area contributed by atoms with E-state index in [2.05, 4.69) is 60.6 Å². The van der Waals surface area contributed by atoms with Crippen molar-refractivity contribution in [1.82, 2.24) is 0 Å². The molecule has 0 aromatic heterocycles. The Morgan fingerprint density at radius 1 is 0.853 bits per heavy atom. The highest BCUT2D eigenvalue weighted by atomic mass is 16.3. The Balaban J connectivity index is 1.36. The van der Waals surface area contributed by atoms with Crippen LogP contribution in [0.4, 0.5) is 11.4 Å². The summed E-state index contributed by atoms with van der Waals surface area (Å²) in [4.78, 5) is 17.3. The minimum Gasteiger partial charge on any atom is -0.506 e. The minimum atomic E-state index is -0.132. The van der Waals surface area contributed by atoms with Gasteiger partial charge in [-0.25, -0.2) is 4.99 Å². The van der Waals surface area contributed by atoms with Crippen molar-refractivity contribution in [3.63, 3.8) is 0 Å². The molecule has 4 nitrogen and oxygen atoms in total. The van der Waals surface area contributed by atoms with Crippen LogP contribution in [0.1, 0.15) is 63.5 Å². The number of anilines is 1. The zero-order valence-electron chi connectivity index (χ0n) is 19.7. The van der Waals surface area contributed by atoms with Crippen LogP contribution in [0.25, 0.3) is 0 Å². The smallest absolute Gasteiger partial charge is 0.208 e. The Labute approximate surface area is 199 Å². The highest BCUT2D eigenvalue weighted by molar-refractivity contribution is 6.26. The van der Waals surface area contributed by atoms with Gasteiger partial charge in [-0.3, -0.25) is 4.79 Å². The fourth-order valence-corrected chi connectivity index (χ4v) is 7.25. The van der Waals surface area contributed by atoms with Gasteiger partial charge < -0.3 is 10.4 Å². The number of aliphatic hydroxyl groups excluding tert-OH is 1. The number of hydrogen-bond donors (Lipinski definition) is 3. The van der Waals surface area contributed by atoms with Gasteiger partial charge in [0, 0.05) is 34.0 Å². The summed E-state index contributed by atoms with van der Waals surface area (Å²) in [7, 11) is 0. The maximum atomic E-state index is 13.7. The predicted molar refractivity (Wildman–Crippen MR) is 133 cm³/mol. The van der Waals surface area contributed by atoms with Gasteiger partial charge in [-0.2, -0.15) is 0 Å². The topological polar surface area (TPSA) is 63.3 Å². The summed E-state index contributed by atoms with van der Waals surface area (Å²) in [6, 6.07) is 16.8. The van der Waals surface area contributed by atoms with E-state index < -0.39 is 0 Å². The lowest BCUT2D eigenvalue weighted by molar-refractivity contribution is -0.350. The molecule has 2 aromatic carbocycles. The molecule has 2 unspecified atom stereocenters. The number of para-hydroxylation sites is 2. The van der Waals surface area contributed by atoms with Crippen molar-refractivity contribution in [2.24, 2.45) is 0 Å². The van der Waals surface area contributed by atoms with Gasteiger partial charge in [0.05, 0.1) is 16.6 Å². The molecule has 2 aliphatic heterocycles. The van der Waals surface area contributed by atoms with Crippen molar-refractivity contribution in [2.45, 2.75) is 63.2 Å². The van der Waals surface area contributed by atoms with Crippen molar-refractivity contribution in [3.05, 3.63) is 93.4 Å². The first kappa shape index (κ1) is 20.0. The Kier molecular flexibility index (Phi) is 3.88. The number of carbonyl (C=O) groups is 1. The van der Waals surface area contributed by atoms with E-state index >= 15 is 0 Å². The van der Waals surface area contributed by atoms with Gasteiger partial charge in [-0.1, -0.05) is 36.4 Å². The molecule has 0 bridgehead atoms. The van der Waals surface area contributed by atoms with Crippen LogP contribution in [0.2, 0.25) is 0 Å².